The first-order chi connectivity index (χ1) is 17.9. The number of carbonyl (C=O) groups is 2. The minimum Gasteiger partial charge on any atom is -0.338 e. The Balaban J connectivity index is 1.43. The van der Waals surface area contributed by atoms with E-state index in [1.807, 2.05) is 0 Å². The molecule has 8 nitrogen and oxygen atoms in total. The lowest BCUT2D eigenvalue weighted by Gasteiger charge is -2.24. The van der Waals surface area contributed by atoms with Gasteiger partial charge in [0.25, 0.3) is 5.92 Å². The average molecular weight is 563 g/mol. The molecule has 2 aliphatic carbocycles. The molecule has 0 bridgehead atoms. The average Bonchev–Trinajstić information content (AvgIpc) is 3.33. The van der Waals surface area contributed by atoms with Crippen molar-refractivity contribution < 1.29 is 26.8 Å². The van der Waals surface area contributed by atoms with Crippen LogP contribution in [0.5, 0.6) is 0 Å². The number of sulfone groups is 1. The zero-order valence-corrected chi connectivity index (χ0v) is 21.8. The van der Waals surface area contributed by atoms with E-state index in [0.29, 0.717) is 24.0 Å². The summed E-state index contributed by atoms with van der Waals surface area (Å²) >= 11 is 5.98. The van der Waals surface area contributed by atoms with Crippen LogP contribution in [0.3, 0.4) is 0 Å². The number of nitrogens with one attached hydrogen (secondary N) is 1. The van der Waals surface area contributed by atoms with E-state index in [0.717, 1.165) is 4.90 Å². The van der Waals surface area contributed by atoms with Crippen molar-refractivity contribution in [1.29, 1.82) is 5.26 Å². The lowest BCUT2D eigenvalue weighted by molar-refractivity contribution is -0.141. The quantitative estimate of drug-likeness (QED) is 0.537. The molecule has 12 heteroatoms. The molecular weight excluding hydrogens is 538 g/mol. The molecule has 0 radical (unpaired) electrons. The van der Waals surface area contributed by atoms with Crippen molar-refractivity contribution in [3.63, 3.8) is 0 Å². The van der Waals surface area contributed by atoms with E-state index >= 15 is 0 Å². The maximum Gasteiger partial charge on any atom is 0.267 e. The van der Waals surface area contributed by atoms with E-state index < -0.39 is 63.2 Å². The SMILES string of the molecule is N#CC1(NC(=O)C2CC(S(=O)(=O)c3cccc(-c4ccnc(Cl)c4)c3)CC2C(=O)N2CCC(F)(F)C2)CC1. The van der Waals surface area contributed by atoms with Crippen molar-refractivity contribution >= 4 is 33.3 Å². The van der Waals surface area contributed by atoms with Gasteiger partial charge < -0.3 is 10.2 Å². The number of pyridine rings is 1. The third-order valence-corrected chi connectivity index (χ3v) is 10.0. The standard InChI is InChI=1S/C26H25ClF2N4O4S/c27-22-11-17(4-8-31-22)16-2-1-3-18(10-16)38(36,37)19-12-20(23(34)32-25(14-30)5-6-25)21(13-19)24(35)33-9-7-26(28,29)15-33/h1-4,8,10-11,19-21H,5-7,9,12-13,15H2,(H,32,34). The van der Waals surface area contributed by atoms with E-state index in [1.54, 1.807) is 24.3 Å². The van der Waals surface area contributed by atoms with Gasteiger partial charge >= 0.3 is 0 Å². The first kappa shape index (κ1) is 26.5. The number of nitriles is 1. The van der Waals surface area contributed by atoms with Crippen LogP contribution in [0, 0.1) is 23.2 Å². The van der Waals surface area contributed by atoms with Crippen molar-refractivity contribution in [2.24, 2.45) is 11.8 Å². The first-order valence-corrected chi connectivity index (χ1v) is 14.2. The lowest BCUT2D eigenvalue weighted by atomic mass is 9.93. The molecule has 0 spiro atoms. The highest BCUT2D eigenvalue weighted by Gasteiger charge is 2.53. The Labute approximate surface area is 223 Å². The van der Waals surface area contributed by atoms with Gasteiger partial charge in [-0.05, 0) is 61.1 Å². The third kappa shape index (κ3) is 5.12. The van der Waals surface area contributed by atoms with Gasteiger partial charge in [0.2, 0.25) is 11.8 Å². The Morgan fingerprint density at radius 1 is 1.11 bits per heavy atom. The van der Waals surface area contributed by atoms with E-state index in [4.69, 9.17) is 11.6 Å². The van der Waals surface area contributed by atoms with Gasteiger partial charge in [0.05, 0.1) is 34.6 Å². The molecule has 3 atom stereocenters. The van der Waals surface area contributed by atoms with Gasteiger partial charge in [-0.15, -0.1) is 0 Å². The maximum absolute atomic E-state index is 13.8. The Kier molecular flexibility index (Phi) is 6.68. The summed E-state index contributed by atoms with van der Waals surface area (Å²) in [7, 11) is -4.00. The van der Waals surface area contributed by atoms with Gasteiger partial charge in [-0.25, -0.2) is 22.2 Å². The summed E-state index contributed by atoms with van der Waals surface area (Å²) in [5.74, 6) is -6.40. The largest absolute Gasteiger partial charge is 0.338 e. The van der Waals surface area contributed by atoms with Crippen LogP contribution in [0.15, 0.2) is 47.5 Å². The number of alkyl halides is 2. The van der Waals surface area contributed by atoms with Gasteiger partial charge in [0, 0.05) is 19.2 Å². The summed E-state index contributed by atoms with van der Waals surface area (Å²) < 4.78 is 55.2. The predicted octanol–water partition coefficient (Wildman–Crippen LogP) is 3.61. The normalized spacial score (nSPS) is 25.5. The third-order valence-electron chi connectivity index (χ3n) is 7.64. The van der Waals surface area contributed by atoms with Crippen molar-refractivity contribution in [3.05, 3.63) is 47.7 Å². The molecule has 2 heterocycles. The number of hydrogen-bond acceptors (Lipinski definition) is 6. The molecule has 1 saturated heterocycles. The second kappa shape index (κ2) is 9.58. The molecule has 3 unspecified atom stereocenters. The van der Waals surface area contributed by atoms with Gasteiger partial charge in [-0.1, -0.05) is 23.7 Å². The molecule has 5 rings (SSSR count). The summed E-state index contributed by atoms with van der Waals surface area (Å²) in [5.41, 5.74) is 0.252. The highest BCUT2D eigenvalue weighted by Crippen LogP contribution is 2.43. The fourth-order valence-electron chi connectivity index (χ4n) is 5.31. The molecule has 200 valence electrons. The second-order valence-corrected chi connectivity index (χ2v) is 12.9. The van der Waals surface area contributed by atoms with Gasteiger partial charge in [-0.2, -0.15) is 5.26 Å². The van der Waals surface area contributed by atoms with E-state index in [1.165, 1.54) is 18.3 Å². The molecule has 1 aliphatic heterocycles. The van der Waals surface area contributed by atoms with Crippen LogP contribution >= 0.6 is 11.6 Å². The first-order valence-electron chi connectivity index (χ1n) is 12.3. The number of nitrogens with zero attached hydrogens (tertiary/aromatic N) is 3. The van der Waals surface area contributed by atoms with E-state index in [2.05, 4.69) is 16.4 Å². The Hall–Kier alpha value is -3.10. The molecule has 38 heavy (non-hydrogen) atoms. The number of amides is 2. The molecule has 1 aromatic heterocycles. The van der Waals surface area contributed by atoms with Crippen LogP contribution in [-0.2, 0) is 19.4 Å². The van der Waals surface area contributed by atoms with E-state index in [-0.39, 0.29) is 29.4 Å². The molecule has 1 N–H and O–H groups in total. The smallest absolute Gasteiger partial charge is 0.267 e. The van der Waals surface area contributed by atoms with E-state index in [9.17, 15) is 32.0 Å². The van der Waals surface area contributed by atoms with Crippen molar-refractivity contribution in [2.75, 3.05) is 13.1 Å². The van der Waals surface area contributed by atoms with Crippen molar-refractivity contribution in [2.45, 2.75) is 53.7 Å². The molecule has 2 amide bonds. The summed E-state index contributed by atoms with van der Waals surface area (Å²) in [6.45, 7) is -0.917. The minimum atomic E-state index is -4.00. The van der Waals surface area contributed by atoms with Crippen LogP contribution in [0.2, 0.25) is 5.15 Å². The van der Waals surface area contributed by atoms with Gasteiger partial charge in [0.1, 0.15) is 10.7 Å². The molecule has 3 aliphatic rings. The molecule has 2 saturated carbocycles. The van der Waals surface area contributed by atoms with Crippen LogP contribution in [0.4, 0.5) is 8.78 Å². The second-order valence-electron chi connectivity index (χ2n) is 10.3. The number of carbonyl (C=O) groups excluding carboxylic acids is 2. The molecule has 1 aromatic carbocycles. The number of halogens is 3. The van der Waals surface area contributed by atoms with Crippen molar-refractivity contribution in [3.8, 4) is 17.2 Å². The molecular formula is C26H25ClF2N4O4S. The van der Waals surface area contributed by atoms with Crippen LogP contribution < -0.4 is 5.32 Å². The number of benzene rings is 1. The Morgan fingerprint density at radius 2 is 1.82 bits per heavy atom. The fourth-order valence-corrected chi connectivity index (χ4v) is 7.35. The Bertz CT molecular complexity index is 1440. The number of likely N-dealkylation sites (tertiary alicyclic amines) is 1. The number of hydrogen-bond donors (Lipinski definition) is 1. The molecule has 3 fully saturated rings. The topological polar surface area (TPSA) is 120 Å². The Morgan fingerprint density at radius 3 is 2.45 bits per heavy atom. The summed E-state index contributed by atoms with van der Waals surface area (Å²) in [6, 6.07) is 11.6. The summed E-state index contributed by atoms with van der Waals surface area (Å²) in [4.78, 5) is 31.5. The highest BCUT2D eigenvalue weighted by atomic mass is 35.5. The highest BCUT2D eigenvalue weighted by molar-refractivity contribution is 7.92. The van der Waals surface area contributed by atoms with Crippen LogP contribution in [-0.4, -0.2) is 59.9 Å². The number of aromatic nitrogens is 1. The molecule has 2 aromatic rings. The zero-order chi connectivity index (χ0) is 27.3. The predicted molar refractivity (Wildman–Crippen MR) is 134 cm³/mol. The maximum atomic E-state index is 13.8. The monoisotopic (exact) mass is 562 g/mol. The number of rotatable bonds is 6. The van der Waals surface area contributed by atoms with Gasteiger partial charge in [-0.3, -0.25) is 9.59 Å². The lowest BCUT2D eigenvalue weighted by Crippen LogP contribution is -2.45. The minimum absolute atomic E-state index is 0.0172. The summed E-state index contributed by atoms with van der Waals surface area (Å²) in [6.07, 6.45) is 1.63. The fraction of sp³-hybridized carbons (Fsp3) is 0.462. The van der Waals surface area contributed by atoms with Crippen LogP contribution in [0.25, 0.3) is 11.1 Å². The van der Waals surface area contributed by atoms with Gasteiger partial charge in [0.15, 0.2) is 9.84 Å². The summed E-state index contributed by atoms with van der Waals surface area (Å²) in [5, 5.41) is 11.2. The van der Waals surface area contributed by atoms with Crippen LogP contribution in [0.1, 0.15) is 32.1 Å². The zero-order valence-electron chi connectivity index (χ0n) is 20.2. The van der Waals surface area contributed by atoms with Crippen molar-refractivity contribution in [1.82, 2.24) is 15.2 Å².